The van der Waals surface area contributed by atoms with E-state index in [-0.39, 0.29) is 11.1 Å². The normalized spacial score (nSPS) is 24.3. The van der Waals surface area contributed by atoms with Crippen molar-refractivity contribution in [3.05, 3.63) is 28.8 Å². The minimum Gasteiger partial charge on any atom is -0.382 e. The van der Waals surface area contributed by atoms with E-state index in [1.807, 2.05) is 0 Å². The second-order valence-corrected chi connectivity index (χ2v) is 5.76. The van der Waals surface area contributed by atoms with Crippen molar-refractivity contribution in [1.82, 2.24) is 0 Å². The number of nitrogens with one attached hydrogen (secondary N) is 1. The molecule has 2 rings (SSSR count). The molecule has 1 N–H and O–H groups in total. The average molecular weight is 292 g/mol. The predicted octanol–water partition coefficient (Wildman–Crippen LogP) is 5.35. The van der Waals surface area contributed by atoms with E-state index in [0.717, 1.165) is 37.8 Å². The minimum atomic E-state index is -4.36. The first-order valence-corrected chi connectivity index (χ1v) is 6.86. The number of anilines is 1. The van der Waals surface area contributed by atoms with Gasteiger partial charge in [0.05, 0.1) is 5.56 Å². The maximum absolute atomic E-state index is 12.7. The molecule has 0 heterocycles. The first kappa shape index (κ1) is 14.5. The Balaban J connectivity index is 2.10. The zero-order valence-electron chi connectivity index (χ0n) is 10.7. The SMILES string of the molecule is CC1CCC(Nc2cc(Cl)cc(C(F)(F)F)c2)CC1. The molecule has 1 saturated carbocycles. The molecule has 0 radical (unpaired) electrons. The third kappa shape index (κ3) is 4.03. The van der Waals surface area contributed by atoms with Gasteiger partial charge in [0.15, 0.2) is 0 Å². The van der Waals surface area contributed by atoms with Gasteiger partial charge in [-0.15, -0.1) is 0 Å². The van der Waals surface area contributed by atoms with Gasteiger partial charge in [-0.3, -0.25) is 0 Å². The Labute approximate surface area is 116 Å². The highest BCUT2D eigenvalue weighted by molar-refractivity contribution is 6.30. The zero-order valence-corrected chi connectivity index (χ0v) is 11.5. The fraction of sp³-hybridized carbons (Fsp3) is 0.571. The number of halogens is 4. The maximum atomic E-state index is 12.7. The zero-order chi connectivity index (χ0) is 14.0. The minimum absolute atomic E-state index is 0.113. The van der Waals surface area contributed by atoms with Crippen LogP contribution in [-0.4, -0.2) is 6.04 Å². The first-order valence-electron chi connectivity index (χ1n) is 6.49. The van der Waals surface area contributed by atoms with Gasteiger partial charge in [-0.2, -0.15) is 13.2 Å². The summed E-state index contributed by atoms with van der Waals surface area (Å²) in [6, 6.07) is 3.88. The summed E-state index contributed by atoms with van der Waals surface area (Å²) < 4.78 is 38.1. The monoisotopic (exact) mass is 291 g/mol. The Bertz CT molecular complexity index is 437. The maximum Gasteiger partial charge on any atom is 0.416 e. The topological polar surface area (TPSA) is 12.0 Å². The van der Waals surface area contributed by atoms with Crippen molar-refractivity contribution in [2.45, 2.75) is 44.8 Å². The highest BCUT2D eigenvalue weighted by Crippen LogP contribution is 2.34. The standard InChI is InChI=1S/C14H17ClF3N/c1-9-2-4-12(5-3-9)19-13-7-10(14(16,17)18)6-11(15)8-13/h6-9,12,19H,2-5H2,1H3. The van der Waals surface area contributed by atoms with Gasteiger partial charge < -0.3 is 5.32 Å². The van der Waals surface area contributed by atoms with E-state index >= 15 is 0 Å². The van der Waals surface area contributed by atoms with Crippen LogP contribution in [0.5, 0.6) is 0 Å². The second kappa shape index (κ2) is 5.61. The van der Waals surface area contributed by atoms with Crippen LogP contribution in [0, 0.1) is 5.92 Å². The van der Waals surface area contributed by atoms with Gasteiger partial charge in [-0.05, 0) is 49.8 Å². The molecule has 1 fully saturated rings. The van der Waals surface area contributed by atoms with Crippen LogP contribution in [0.3, 0.4) is 0 Å². The molecule has 0 atom stereocenters. The molecule has 5 heteroatoms. The van der Waals surface area contributed by atoms with Crippen LogP contribution in [0.4, 0.5) is 18.9 Å². The van der Waals surface area contributed by atoms with E-state index in [2.05, 4.69) is 12.2 Å². The number of hydrogen-bond acceptors (Lipinski definition) is 1. The van der Waals surface area contributed by atoms with Gasteiger partial charge in [-0.25, -0.2) is 0 Å². The third-order valence-corrected chi connectivity index (χ3v) is 3.83. The molecule has 0 aromatic heterocycles. The molecule has 0 saturated heterocycles. The molecule has 0 spiro atoms. The lowest BCUT2D eigenvalue weighted by Gasteiger charge is -2.28. The molecule has 0 bridgehead atoms. The molecule has 106 valence electrons. The Hall–Kier alpha value is -0.900. The molecule has 0 unspecified atom stereocenters. The van der Waals surface area contributed by atoms with Crippen LogP contribution >= 0.6 is 11.6 Å². The van der Waals surface area contributed by atoms with Gasteiger partial charge in [0, 0.05) is 16.8 Å². The van der Waals surface area contributed by atoms with Crippen molar-refractivity contribution in [2.75, 3.05) is 5.32 Å². The Morgan fingerprint density at radius 3 is 2.32 bits per heavy atom. The Morgan fingerprint density at radius 1 is 1.11 bits per heavy atom. The number of hydrogen-bond donors (Lipinski definition) is 1. The summed E-state index contributed by atoms with van der Waals surface area (Å²) in [6.07, 6.45) is -0.138. The van der Waals surface area contributed by atoms with Gasteiger partial charge in [0.1, 0.15) is 0 Å². The van der Waals surface area contributed by atoms with E-state index in [0.29, 0.717) is 11.6 Å². The molecule has 1 aromatic carbocycles. The molecule has 19 heavy (non-hydrogen) atoms. The summed E-state index contributed by atoms with van der Waals surface area (Å²) >= 11 is 5.76. The van der Waals surface area contributed by atoms with Crippen LogP contribution in [0.1, 0.15) is 38.2 Å². The lowest BCUT2D eigenvalue weighted by Crippen LogP contribution is -2.25. The van der Waals surface area contributed by atoms with Crippen molar-refractivity contribution >= 4 is 17.3 Å². The molecular formula is C14H17ClF3N. The van der Waals surface area contributed by atoms with Crippen molar-refractivity contribution in [3.63, 3.8) is 0 Å². The Morgan fingerprint density at radius 2 is 1.74 bits per heavy atom. The fourth-order valence-corrected chi connectivity index (χ4v) is 2.71. The molecule has 1 aliphatic rings. The van der Waals surface area contributed by atoms with E-state index in [4.69, 9.17) is 11.6 Å². The molecule has 0 amide bonds. The number of benzene rings is 1. The summed E-state index contributed by atoms with van der Waals surface area (Å²) in [5.41, 5.74) is -0.244. The first-order chi connectivity index (χ1) is 8.84. The van der Waals surface area contributed by atoms with Gasteiger partial charge in [-0.1, -0.05) is 18.5 Å². The van der Waals surface area contributed by atoms with E-state index in [9.17, 15) is 13.2 Å². The van der Waals surface area contributed by atoms with Crippen LogP contribution in [-0.2, 0) is 6.18 Å². The van der Waals surface area contributed by atoms with E-state index < -0.39 is 11.7 Å². The molecule has 1 aliphatic carbocycles. The average Bonchev–Trinajstić information content (AvgIpc) is 2.30. The van der Waals surface area contributed by atoms with Crippen molar-refractivity contribution < 1.29 is 13.2 Å². The highest BCUT2D eigenvalue weighted by atomic mass is 35.5. The summed E-state index contributed by atoms with van der Waals surface area (Å²) in [4.78, 5) is 0. The van der Waals surface area contributed by atoms with Gasteiger partial charge in [0.25, 0.3) is 0 Å². The smallest absolute Gasteiger partial charge is 0.382 e. The molecule has 1 nitrogen and oxygen atoms in total. The van der Waals surface area contributed by atoms with Crippen LogP contribution in [0.2, 0.25) is 5.02 Å². The van der Waals surface area contributed by atoms with E-state index in [1.54, 1.807) is 6.07 Å². The van der Waals surface area contributed by atoms with Crippen LogP contribution in [0.25, 0.3) is 0 Å². The van der Waals surface area contributed by atoms with Crippen LogP contribution in [0.15, 0.2) is 18.2 Å². The largest absolute Gasteiger partial charge is 0.416 e. The predicted molar refractivity (Wildman–Crippen MR) is 71.5 cm³/mol. The number of alkyl halides is 3. The van der Waals surface area contributed by atoms with Gasteiger partial charge >= 0.3 is 6.18 Å². The molecular weight excluding hydrogens is 275 g/mol. The molecule has 1 aromatic rings. The van der Waals surface area contributed by atoms with Crippen molar-refractivity contribution in [1.29, 1.82) is 0 Å². The quantitative estimate of drug-likeness (QED) is 0.774. The highest BCUT2D eigenvalue weighted by Gasteiger charge is 2.31. The van der Waals surface area contributed by atoms with Gasteiger partial charge in [0.2, 0.25) is 0 Å². The summed E-state index contributed by atoms with van der Waals surface area (Å²) in [5, 5.41) is 3.28. The lowest BCUT2D eigenvalue weighted by atomic mass is 9.87. The summed E-state index contributed by atoms with van der Waals surface area (Å²) in [5.74, 6) is 0.711. The summed E-state index contributed by atoms with van der Waals surface area (Å²) in [7, 11) is 0. The number of rotatable bonds is 2. The van der Waals surface area contributed by atoms with Crippen LogP contribution < -0.4 is 5.32 Å². The molecule has 0 aliphatic heterocycles. The fourth-order valence-electron chi connectivity index (χ4n) is 2.48. The van der Waals surface area contributed by atoms with Crippen molar-refractivity contribution in [3.8, 4) is 0 Å². The van der Waals surface area contributed by atoms with Crippen molar-refractivity contribution in [2.24, 2.45) is 5.92 Å². The Kier molecular flexibility index (Phi) is 4.29. The lowest BCUT2D eigenvalue weighted by molar-refractivity contribution is -0.137. The third-order valence-electron chi connectivity index (χ3n) is 3.61. The second-order valence-electron chi connectivity index (χ2n) is 5.33. The van der Waals surface area contributed by atoms with E-state index in [1.165, 1.54) is 0 Å². The summed E-state index contributed by atoms with van der Waals surface area (Å²) in [6.45, 7) is 2.21.